The Balaban J connectivity index is 1.56. The summed E-state index contributed by atoms with van der Waals surface area (Å²) in [6.07, 6.45) is 3.84. The summed E-state index contributed by atoms with van der Waals surface area (Å²) in [6, 6.07) is 12.9. The van der Waals surface area contributed by atoms with Crippen molar-refractivity contribution in [1.29, 1.82) is 0 Å². The van der Waals surface area contributed by atoms with Gasteiger partial charge in [0.2, 0.25) is 5.91 Å². The van der Waals surface area contributed by atoms with E-state index in [9.17, 15) is 14.7 Å². The Hall–Kier alpha value is -3.02. The van der Waals surface area contributed by atoms with Gasteiger partial charge >= 0.3 is 5.97 Å². The summed E-state index contributed by atoms with van der Waals surface area (Å²) in [4.78, 5) is 24.3. The normalized spacial score (nSPS) is 18.5. The number of anilines is 1. The molecule has 31 heavy (non-hydrogen) atoms. The molecule has 0 atom stereocenters. The van der Waals surface area contributed by atoms with Crippen molar-refractivity contribution in [2.75, 3.05) is 12.4 Å². The van der Waals surface area contributed by atoms with Crippen LogP contribution in [0.1, 0.15) is 56.6 Å². The molecule has 2 aromatic rings. The standard InChI is InChI=1S/C25H31NO5/c1-16(2)25(29)31-21-10-8-18(9-11-21)19-5-4-6-20(15-19)26-24(28)14-17-7-12-22(27)23(13-17)30-3/h4-7,12-13,15-16,18,21,27H,8-11,14H2,1-3H3,(H,26,28)/t18-,21+. The first-order valence-corrected chi connectivity index (χ1v) is 10.8. The van der Waals surface area contributed by atoms with Crippen molar-refractivity contribution in [1.82, 2.24) is 0 Å². The number of ether oxygens (including phenoxy) is 2. The van der Waals surface area contributed by atoms with Crippen LogP contribution in [0.2, 0.25) is 0 Å². The average Bonchev–Trinajstić information content (AvgIpc) is 2.75. The van der Waals surface area contributed by atoms with E-state index in [1.54, 1.807) is 12.1 Å². The van der Waals surface area contributed by atoms with Crippen molar-refractivity contribution in [2.45, 2.75) is 58.0 Å². The van der Waals surface area contributed by atoms with Gasteiger partial charge < -0.3 is 19.9 Å². The number of benzene rings is 2. The Kier molecular flexibility index (Phi) is 7.55. The van der Waals surface area contributed by atoms with E-state index in [0.717, 1.165) is 36.9 Å². The van der Waals surface area contributed by atoms with E-state index in [2.05, 4.69) is 11.4 Å². The number of rotatable bonds is 7. The van der Waals surface area contributed by atoms with Gasteiger partial charge in [-0.2, -0.15) is 0 Å². The van der Waals surface area contributed by atoms with Gasteiger partial charge in [0.1, 0.15) is 6.10 Å². The van der Waals surface area contributed by atoms with E-state index in [4.69, 9.17) is 9.47 Å². The molecule has 2 aromatic carbocycles. The molecule has 1 fully saturated rings. The first-order chi connectivity index (χ1) is 14.9. The topological polar surface area (TPSA) is 84.9 Å². The Morgan fingerprint density at radius 1 is 1.10 bits per heavy atom. The first-order valence-electron chi connectivity index (χ1n) is 10.8. The van der Waals surface area contributed by atoms with Crippen molar-refractivity contribution in [3.8, 4) is 11.5 Å². The number of phenolic OH excluding ortho intramolecular Hbond substituents is 1. The number of esters is 1. The summed E-state index contributed by atoms with van der Waals surface area (Å²) in [5.41, 5.74) is 2.72. The van der Waals surface area contributed by atoms with Crippen LogP contribution in [0.15, 0.2) is 42.5 Å². The molecule has 6 nitrogen and oxygen atoms in total. The summed E-state index contributed by atoms with van der Waals surface area (Å²) in [6.45, 7) is 3.71. The number of phenols is 1. The van der Waals surface area contributed by atoms with E-state index in [1.165, 1.54) is 18.7 Å². The summed E-state index contributed by atoms with van der Waals surface area (Å²) in [5.74, 6) is 0.441. The lowest BCUT2D eigenvalue weighted by atomic mass is 9.82. The number of hydrogen-bond acceptors (Lipinski definition) is 5. The first kappa shape index (κ1) is 22.7. The van der Waals surface area contributed by atoms with Crippen LogP contribution in [0.4, 0.5) is 5.69 Å². The van der Waals surface area contributed by atoms with Crippen LogP contribution in [0.25, 0.3) is 0 Å². The van der Waals surface area contributed by atoms with E-state index in [0.29, 0.717) is 11.7 Å². The lowest BCUT2D eigenvalue weighted by Gasteiger charge is -2.29. The molecule has 166 valence electrons. The number of amides is 1. The van der Waals surface area contributed by atoms with Crippen LogP contribution in [0.5, 0.6) is 11.5 Å². The Morgan fingerprint density at radius 3 is 2.52 bits per heavy atom. The van der Waals surface area contributed by atoms with Crippen molar-refractivity contribution >= 4 is 17.6 Å². The predicted octanol–water partition coefficient (Wildman–Crippen LogP) is 4.81. The zero-order valence-corrected chi connectivity index (χ0v) is 18.4. The number of aromatic hydroxyl groups is 1. The maximum Gasteiger partial charge on any atom is 0.308 e. The highest BCUT2D eigenvalue weighted by molar-refractivity contribution is 5.92. The predicted molar refractivity (Wildman–Crippen MR) is 119 cm³/mol. The lowest BCUT2D eigenvalue weighted by molar-refractivity contribution is -0.154. The second kappa shape index (κ2) is 10.3. The van der Waals surface area contributed by atoms with E-state index in [-0.39, 0.29) is 36.1 Å². The molecule has 2 N–H and O–H groups in total. The van der Waals surface area contributed by atoms with E-state index in [1.807, 2.05) is 32.0 Å². The average molecular weight is 426 g/mol. The highest BCUT2D eigenvalue weighted by Crippen LogP contribution is 2.35. The van der Waals surface area contributed by atoms with E-state index >= 15 is 0 Å². The molecule has 0 radical (unpaired) electrons. The SMILES string of the molecule is COc1cc(CC(=O)Nc2cccc([C@H]3CC[C@@H](OC(=O)C(C)C)CC3)c2)ccc1O. The molecule has 0 unspecified atom stereocenters. The number of nitrogens with one attached hydrogen (secondary N) is 1. The van der Waals surface area contributed by atoms with Gasteiger partial charge in [-0.05, 0) is 67.0 Å². The molecule has 1 aliphatic rings. The van der Waals surface area contributed by atoms with E-state index < -0.39 is 0 Å². The molecule has 3 rings (SSSR count). The quantitative estimate of drug-likeness (QED) is 0.622. The highest BCUT2D eigenvalue weighted by Gasteiger charge is 2.25. The van der Waals surface area contributed by atoms with Gasteiger partial charge in [0, 0.05) is 5.69 Å². The van der Waals surface area contributed by atoms with Gasteiger partial charge in [-0.3, -0.25) is 9.59 Å². The van der Waals surface area contributed by atoms with Crippen LogP contribution in [0, 0.1) is 5.92 Å². The minimum Gasteiger partial charge on any atom is -0.504 e. The van der Waals surface area contributed by atoms with Crippen LogP contribution in [-0.4, -0.2) is 30.2 Å². The van der Waals surface area contributed by atoms with Crippen LogP contribution in [0.3, 0.4) is 0 Å². The molecular weight excluding hydrogens is 394 g/mol. The number of methoxy groups -OCH3 is 1. The van der Waals surface area contributed by atoms with Gasteiger partial charge in [-0.15, -0.1) is 0 Å². The fourth-order valence-corrected chi connectivity index (χ4v) is 3.91. The molecule has 6 heteroatoms. The number of carbonyl (C=O) groups excluding carboxylic acids is 2. The van der Waals surface area contributed by atoms with Crippen molar-refractivity contribution in [3.63, 3.8) is 0 Å². The molecule has 0 saturated heterocycles. The van der Waals surface area contributed by atoms with Gasteiger partial charge in [-0.25, -0.2) is 0 Å². The van der Waals surface area contributed by atoms with Gasteiger partial charge in [0.15, 0.2) is 11.5 Å². The maximum atomic E-state index is 12.5. The summed E-state index contributed by atoms with van der Waals surface area (Å²) >= 11 is 0. The summed E-state index contributed by atoms with van der Waals surface area (Å²) < 4.78 is 10.7. The fourth-order valence-electron chi connectivity index (χ4n) is 3.91. The third-order valence-corrected chi connectivity index (χ3v) is 5.68. The monoisotopic (exact) mass is 425 g/mol. The van der Waals surface area contributed by atoms with Crippen LogP contribution in [-0.2, 0) is 20.7 Å². The molecule has 0 aliphatic heterocycles. The third kappa shape index (κ3) is 6.23. The smallest absolute Gasteiger partial charge is 0.308 e. The molecule has 0 spiro atoms. The van der Waals surface area contributed by atoms with Crippen molar-refractivity contribution in [3.05, 3.63) is 53.6 Å². The molecule has 0 bridgehead atoms. The van der Waals surface area contributed by atoms with Gasteiger partial charge in [-0.1, -0.05) is 32.0 Å². The Labute approximate surface area is 183 Å². The van der Waals surface area contributed by atoms with Crippen molar-refractivity contribution < 1.29 is 24.2 Å². The Morgan fingerprint density at radius 2 is 1.84 bits per heavy atom. The molecule has 0 heterocycles. The van der Waals surface area contributed by atoms with Crippen LogP contribution >= 0.6 is 0 Å². The molecule has 1 amide bonds. The van der Waals surface area contributed by atoms with Crippen molar-refractivity contribution in [2.24, 2.45) is 5.92 Å². The second-order valence-electron chi connectivity index (χ2n) is 8.42. The molecule has 1 saturated carbocycles. The summed E-state index contributed by atoms with van der Waals surface area (Å²) in [5, 5.41) is 12.6. The van der Waals surface area contributed by atoms with Gasteiger partial charge in [0.05, 0.1) is 19.4 Å². The number of hydrogen-bond donors (Lipinski definition) is 2. The summed E-state index contributed by atoms with van der Waals surface area (Å²) in [7, 11) is 1.48. The second-order valence-corrected chi connectivity index (χ2v) is 8.42. The minimum atomic E-state index is -0.130. The minimum absolute atomic E-state index is 0.0105. The number of carbonyl (C=O) groups is 2. The van der Waals surface area contributed by atoms with Crippen LogP contribution < -0.4 is 10.1 Å². The Bertz CT molecular complexity index is 916. The third-order valence-electron chi connectivity index (χ3n) is 5.68. The fraction of sp³-hybridized carbons (Fsp3) is 0.440. The highest BCUT2D eigenvalue weighted by atomic mass is 16.5. The maximum absolute atomic E-state index is 12.5. The molecule has 0 aromatic heterocycles. The zero-order valence-electron chi connectivity index (χ0n) is 18.4. The molecule has 1 aliphatic carbocycles. The lowest BCUT2D eigenvalue weighted by Crippen LogP contribution is -2.26. The zero-order chi connectivity index (χ0) is 22.4. The van der Waals surface area contributed by atoms with Gasteiger partial charge in [0.25, 0.3) is 0 Å². The largest absolute Gasteiger partial charge is 0.504 e. The molecular formula is C25H31NO5.